The van der Waals surface area contributed by atoms with Gasteiger partial charge in [0, 0.05) is 31.0 Å². The minimum Gasteiger partial charge on any atom is -0.320 e. The minimum absolute atomic E-state index is 0.0952. The van der Waals surface area contributed by atoms with Gasteiger partial charge in [0.2, 0.25) is 0 Å². The lowest BCUT2D eigenvalue weighted by atomic mass is 10.2. The van der Waals surface area contributed by atoms with Crippen LogP contribution in [0.4, 0.5) is 10.6 Å². The molecule has 2 aromatic heterocycles. The summed E-state index contributed by atoms with van der Waals surface area (Å²) in [5.74, 6) is 1.49. The molecule has 1 atom stereocenters. The van der Waals surface area contributed by atoms with Crippen LogP contribution in [0, 0.1) is 12.8 Å². The maximum atomic E-state index is 12.7. The fourth-order valence-corrected chi connectivity index (χ4v) is 2.91. The first-order valence-corrected chi connectivity index (χ1v) is 8.59. The van der Waals surface area contributed by atoms with Crippen LogP contribution in [0.5, 0.6) is 0 Å². The van der Waals surface area contributed by atoms with Gasteiger partial charge in [-0.25, -0.2) is 9.48 Å². The summed E-state index contributed by atoms with van der Waals surface area (Å²) in [7, 11) is 0. The third-order valence-corrected chi connectivity index (χ3v) is 4.69. The third-order valence-electron chi connectivity index (χ3n) is 4.69. The van der Waals surface area contributed by atoms with Crippen LogP contribution in [-0.4, -0.2) is 32.2 Å². The molecule has 1 aliphatic carbocycles. The van der Waals surface area contributed by atoms with Gasteiger partial charge in [0.25, 0.3) is 0 Å². The van der Waals surface area contributed by atoms with Crippen molar-refractivity contribution in [1.82, 2.24) is 19.7 Å². The molecule has 1 fully saturated rings. The quantitative estimate of drug-likeness (QED) is 0.881. The van der Waals surface area contributed by atoms with Gasteiger partial charge in [-0.1, -0.05) is 0 Å². The average molecular weight is 327 g/mol. The summed E-state index contributed by atoms with van der Waals surface area (Å²) in [6.07, 6.45) is 7.82. The monoisotopic (exact) mass is 327 g/mol. The van der Waals surface area contributed by atoms with Crippen LogP contribution in [0.2, 0.25) is 0 Å². The molecule has 1 N–H and O–H groups in total. The average Bonchev–Trinajstić information content (AvgIpc) is 3.38. The van der Waals surface area contributed by atoms with E-state index in [1.807, 2.05) is 36.9 Å². The van der Waals surface area contributed by atoms with Crippen LogP contribution in [0.15, 0.2) is 30.7 Å². The first-order valence-electron chi connectivity index (χ1n) is 8.59. The summed E-state index contributed by atoms with van der Waals surface area (Å²) in [5, 5.41) is 7.54. The molecule has 0 bridgehead atoms. The maximum absolute atomic E-state index is 12.7. The van der Waals surface area contributed by atoms with Gasteiger partial charge in [0.1, 0.15) is 5.82 Å². The van der Waals surface area contributed by atoms with Crippen molar-refractivity contribution in [2.75, 3.05) is 11.9 Å². The van der Waals surface area contributed by atoms with Gasteiger partial charge in [0.05, 0.1) is 12.2 Å². The van der Waals surface area contributed by atoms with E-state index in [0.717, 1.165) is 16.9 Å². The molecule has 24 heavy (non-hydrogen) atoms. The largest absolute Gasteiger partial charge is 0.323 e. The molecule has 1 aliphatic rings. The van der Waals surface area contributed by atoms with Gasteiger partial charge in [-0.2, -0.15) is 5.10 Å². The summed E-state index contributed by atoms with van der Waals surface area (Å²) in [6.45, 7) is 7.35. The molecule has 0 radical (unpaired) electrons. The molecular weight excluding hydrogens is 302 g/mol. The lowest BCUT2D eigenvalue weighted by Crippen LogP contribution is -2.35. The smallest absolute Gasteiger partial charge is 0.320 e. The van der Waals surface area contributed by atoms with Crippen molar-refractivity contribution in [2.45, 2.75) is 46.2 Å². The molecule has 2 amide bonds. The number of carbonyl (C=O) groups excluding carboxylic acids is 1. The van der Waals surface area contributed by atoms with Crippen molar-refractivity contribution in [1.29, 1.82) is 0 Å². The highest BCUT2D eigenvalue weighted by Crippen LogP contribution is 2.40. The standard InChI is InChI=1S/C18H25N5O/c1-4-22(12-15-7-9-19-10-8-15)18(24)21-17-13(2)11-20-23(17)14(3)16-5-6-16/h7-11,14,16H,4-6,12H2,1-3H3,(H,21,24)/t14-/m0/s1. The van der Waals surface area contributed by atoms with Crippen LogP contribution in [-0.2, 0) is 6.54 Å². The van der Waals surface area contributed by atoms with Crippen LogP contribution in [0.25, 0.3) is 0 Å². The second-order valence-corrected chi connectivity index (χ2v) is 6.50. The van der Waals surface area contributed by atoms with Crippen molar-refractivity contribution in [3.63, 3.8) is 0 Å². The molecule has 2 aromatic rings. The SMILES string of the molecule is CCN(Cc1ccncc1)C(=O)Nc1c(C)cnn1[C@@H](C)C1CC1. The molecule has 6 heteroatoms. The van der Waals surface area contributed by atoms with Gasteiger partial charge < -0.3 is 4.90 Å². The number of hydrogen-bond acceptors (Lipinski definition) is 3. The Hall–Kier alpha value is -2.37. The lowest BCUT2D eigenvalue weighted by molar-refractivity contribution is 0.211. The molecule has 2 heterocycles. The Morgan fingerprint density at radius 3 is 2.75 bits per heavy atom. The van der Waals surface area contributed by atoms with Crippen molar-refractivity contribution in [3.8, 4) is 0 Å². The van der Waals surface area contributed by atoms with E-state index in [-0.39, 0.29) is 6.03 Å². The number of aromatic nitrogens is 3. The number of pyridine rings is 1. The predicted molar refractivity (Wildman–Crippen MR) is 93.7 cm³/mol. The van der Waals surface area contributed by atoms with E-state index in [0.29, 0.717) is 25.0 Å². The maximum Gasteiger partial charge on any atom is 0.323 e. The molecule has 3 rings (SSSR count). The summed E-state index contributed by atoms with van der Waals surface area (Å²) >= 11 is 0. The zero-order valence-corrected chi connectivity index (χ0v) is 14.6. The Bertz CT molecular complexity index is 693. The van der Waals surface area contributed by atoms with E-state index < -0.39 is 0 Å². The van der Waals surface area contributed by atoms with E-state index in [4.69, 9.17) is 0 Å². The molecular formula is C18H25N5O. The van der Waals surface area contributed by atoms with Gasteiger partial charge in [0.15, 0.2) is 0 Å². The summed E-state index contributed by atoms with van der Waals surface area (Å²) < 4.78 is 1.96. The normalized spacial score (nSPS) is 15.1. The number of amides is 2. The molecule has 6 nitrogen and oxygen atoms in total. The fourth-order valence-electron chi connectivity index (χ4n) is 2.91. The first kappa shape index (κ1) is 16.5. The second-order valence-electron chi connectivity index (χ2n) is 6.50. The molecule has 1 saturated carbocycles. The summed E-state index contributed by atoms with van der Waals surface area (Å²) in [6, 6.07) is 4.09. The summed E-state index contributed by atoms with van der Waals surface area (Å²) in [4.78, 5) is 18.5. The van der Waals surface area contributed by atoms with Crippen molar-refractivity contribution in [2.24, 2.45) is 5.92 Å². The number of hydrogen-bond donors (Lipinski definition) is 1. The van der Waals surface area contributed by atoms with Crippen molar-refractivity contribution < 1.29 is 4.79 Å². The molecule has 0 unspecified atom stereocenters. The van der Waals surface area contributed by atoms with Crippen molar-refractivity contribution in [3.05, 3.63) is 41.9 Å². The highest BCUT2D eigenvalue weighted by molar-refractivity contribution is 5.89. The van der Waals surface area contributed by atoms with Crippen LogP contribution in [0.3, 0.4) is 0 Å². The molecule has 0 spiro atoms. The Kier molecular flexibility index (Phi) is 4.83. The molecule has 0 aromatic carbocycles. The van der Waals surface area contributed by atoms with Gasteiger partial charge in [-0.3, -0.25) is 10.3 Å². The van der Waals surface area contributed by atoms with E-state index in [2.05, 4.69) is 22.3 Å². The van der Waals surface area contributed by atoms with E-state index in [1.165, 1.54) is 12.8 Å². The number of rotatable bonds is 6. The topological polar surface area (TPSA) is 63.1 Å². The molecule has 128 valence electrons. The Morgan fingerprint density at radius 2 is 2.12 bits per heavy atom. The Balaban J connectivity index is 1.72. The van der Waals surface area contributed by atoms with E-state index in [9.17, 15) is 4.79 Å². The van der Waals surface area contributed by atoms with E-state index >= 15 is 0 Å². The highest BCUT2D eigenvalue weighted by atomic mass is 16.2. The second kappa shape index (κ2) is 7.03. The lowest BCUT2D eigenvalue weighted by Gasteiger charge is -2.23. The minimum atomic E-state index is -0.0952. The zero-order valence-electron chi connectivity index (χ0n) is 14.6. The number of anilines is 1. The number of aryl methyl sites for hydroxylation is 1. The number of carbonyl (C=O) groups is 1. The van der Waals surface area contributed by atoms with Gasteiger partial charge >= 0.3 is 6.03 Å². The Morgan fingerprint density at radius 1 is 1.42 bits per heavy atom. The number of urea groups is 1. The molecule has 0 aliphatic heterocycles. The highest BCUT2D eigenvalue weighted by Gasteiger charge is 2.31. The predicted octanol–water partition coefficient (Wildman–Crippen LogP) is 3.61. The van der Waals surface area contributed by atoms with Gasteiger partial charge in [-0.05, 0) is 57.2 Å². The Labute approximate surface area is 142 Å². The van der Waals surface area contributed by atoms with Gasteiger partial charge in [-0.15, -0.1) is 0 Å². The molecule has 0 saturated heterocycles. The summed E-state index contributed by atoms with van der Waals surface area (Å²) in [5.41, 5.74) is 2.06. The van der Waals surface area contributed by atoms with Crippen molar-refractivity contribution >= 4 is 11.8 Å². The van der Waals surface area contributed by atoms with E-state index in [1.54, 1.807) is 17.3 Å². The fraction of sp³-hybridized carbons (Fsp3) is 0.500. The van der Waals surface area contributed by atoms with Crippen LogP contribution in [0.1, 0.15) is 43.9 Å². The van der Waals surface area contributed by atoms with Crippen LogP contribution < -0.4 is 5.32 Å². The zero-order chi connectivity index (χ0) is 17.1. The third kappa shape index (κ3) is 3.58. The number of nitrogens with one attached hydrogen (secondary N) is 1. The number of nitrogens with zero attached hydrogens (tertiary/aromatic N) is 4. The van der Waals surface area contributed by atoms with Crippen LogP contribution >= 0.6 is 0 Å². The first-order chi connectivity index (χ1) is 11.6.